The summed E-state index contributed by atoms with van der Waals surface area (Å²) in [5.74, 6) is -0.119. The molecule has 0 radical (unpaired) electrons. The summed E-state index contributed by atoms with van der Waals surface area (Å²) in [6, 6.07) is 9.94. The molecule has 14 heavy (non-hydrogen) atoms. The van der Waals surface area contributed by atoms with E-state index in [1.54, 1.807) is 0 Å². The molecule has 1 aromatic carbocycles. The van der Waals surface area contributed by atoms with Gasteiger partial charge in [0.15, 0.2) is 0 Å². The van der Waals surface area contributed by atoms with Crippen LogP contribution in [-0.2, 0) is 16.0 Å². The summed E-state index contributed by atoms with van der Waals surface area (Å²) in [6.45, 7) is 2.29. The summed E-state index contributed by atoms with van der Waals surface area (Å²) in [5, 5.41) is 0. The molecule has 1 rings (SSSR count). The van der Waals surface area contributed by atoms with Crippen LogP contribution in [0.15, 0.2) is 30.3 Å². The van der Waals surface area contributed by atoms with Crippen molar-refractivity contribution in [3.8, 4) is 0 Å². The fraction of sp³-hybridized carbons (Fsp3) is 0.417. The fourth-order valence-electron chi connectivity index (χ4n) is 1.12. The van der Waals surface area contributed by atoms with Crippen LogP contribution in [0.2, 0.25) is 0 Å². The third-order valence-corrected chi connectivity index (χ3v) is 1.77. The van der Waals surface area contributed by atoms with Crippen LogP contribution in [0.5, 0.6) is 0 Å². The Labute approximate surface area is 85.9 Å². The number of hydrogen-bond donors (Lipinski definition) is 0. The maximum absolute atomic E-state index is 11.0. The first-order valence-electron chi connectivity index (χ1n) is 4.52. The minimum Gasteiger partial charge on any atom is -0.466 e. The van der Waals surface area contributed by atoms with Gasteiger partial charge in [0.05, 0.1) is 6.61 Å². The van der Waals surface area contributed by atoms with Crippen LogP contribution < -0.4 is 0 Å². The lowest BCUT2D eigenvalue weighted by Crippen LogP contribution is -2.04. The first-order valence-corrected chi connectivity index (χ1v) is 4.52. The zero-order valence-electron chi connectivity index (χ0n) is 7.82. The van der Waals surface area contributed by atoms with E-state index in [0.29, 0.717) is 13.0 Å². The normalized spacial score (nSPS) is 8.93. The molecule has 0 saturated carbocycles. The molecule has 78 valence electrons. The van der Waals surface area contributed by atoms with E-state index in [1.807, 2.05) is 37.3 Å². The van der Waals surface area contributed by atoms with Gasteiger partial charge in [0.2, 0.25) is 0 Å². The molecule has 0 unspecified atom stereocenters. The van der Waals surface area contributed by atoms with Crippen LogP contribution in [0.3, 0.4) is 0 Å². The average Bonchev–Trinajstić information content (AvgIpc) is 2.17. The molecule has 1 aromatic rings. The van der Waals surface area contributed by atoms with E-state index in [4.69, 9.17) is 4.74 Å². The topological polar surface area (TPSA) is 26.3 Å². The molecule has 2 nitrogen and oxygen atoms in total. The Bertz CT molecular complexity index is 254. The summed E-state index contributed by atoms with van der Waals surface area (Å²) in [7, 11) is 0. The Hall–Kier alpha value is -1.31. The molecule has 0 fully saturated rings. The van der Waals surface area contributed by atoms with Crippen LogP contribution in [0, 0.1) is 0 Å². The van der Waals surface area contributed by atoms with Gasteiger partial charge in [-0.2, -0.15) is 0 Å². The van der Waals surface area contributed by atoms with Crippen molar-refractivity contribution >= 4 is 5.97 Å². The number of benzene rings is 1. The molecule has 0 heterocycles. The van der Waals surface area contributed by atoms with Crippen LogP contribution in [0.25, 0.3) is 0 Å². The van der Waals surface area contributed by atoms with Crippen molar-refractivity contribution in [1.82, 2.24) is 0 Å². The van der Waals surface area contributed by atoms with E-state index >= 15 is 0 Å². The maximum Gasteiger partial charge on any atom is 0.306 e. The van der Waals surface area contributed by atoms with Gasteiger partial charge >= 0.3 is 5.97 Å². The second-order valence-electron chi connectivity index (χ2n) is 2.79. The molecule has 0 spiro atoms. The Balaban J connectivity index is 0.00000169. The van der Waals surface area contributed by atoms with E-state index < -0.39 is 0 Å². The lowest BCUT2D eigenvalue weighted by atomic mass is 10.1. The van der Waals surface area contributed by atoms with Crippen LogP contribution >= 0.6 is 0 Å². The number of carbonyl (C=O) groups excluding carboxylic acids is 1. The van der Waals surface area contributed by atoms with Crippen LogP contribution in [0.4, 0.5) is 0 Å². The van der Waals surface area contributed by atoms with E-state index in [9.17, 15) is 4.79 Å². The van der Waals surface area contributed by atoms with E-state index in [2.05, 4.69) is 0 Å². The highest BCUT2D eigenvalue weighted by atomic mass is 16.5. The molecule has 0 aromatic heterocycles. The smallest absolute Gasteiger partial charge is 0.306 e. The molecule has 0 aliphatic carbocycles. The Morgan fingerprint density at radius 1 is 1.29 bits per heavy atom. The first kappa shape index (κ1) is 12.7. The van der Waals surface area contributed by atoms with Crippen molar-refractivity contribution in [2.24, 2.45) is 0 Å². The summed E-state index contributed by atoms with van der Waals surface area (Å²) >= 11 is 0. The average molecular weight is 194 g/mol. The standard InChI is InChI=1S/C11H14O2.CH4/c1-2-13-11(12)9-8-10-6-4-3-5-7-10;/h3-7H,2,8-9H2,1H3;1H4. The summed E-state index contributed by atoms with van der Waals surface area (Å²) < 4.78 is 4.82. The predicted octanol–water partition coefficient (Wildman–Crippen LogP) is 2.82. The van der Waals surface area contributed by atoms with Gasteiger partial charge in [-0.25, -0.2) is 0 Å². The van der Waals surface area contributed by atoms with Crippen molar-refractivity contribution < 1.29 is 9.53 Å². The quantitative estimate of drug-likeness (QED) is 0.689. The van der Waals surface area contributed by atoms with E-state index in [1.165, 1.54) is 5.56 Å². The molecule has 0 amide bonds. The lowest BCUT2D eigenvalue weighted by Gasteiger charge is -2.01. The van der Waals surface area contributed by atoms with Gasteiger partial charge < -0.3 is 4.74 Å². The lowest BCUT2D eigenvalue weighted by molar-refractivity contribution is -0.143. The van der Waals surface area contributed by atoms with Crippen molar-refractivity contribution in [3.05, 3.63) is 35.9 Å². The SMILES string of the molecule is C.CCOC(=O)CCc1ccccc1. The number of esters is 1. The molecule has 0 aliphatic rings. The third-order valence-electron chi connectivity index (χ3n) is 1.77. The van der Waals surface area contributed by atoms with Gasteiger partial charge in [-0.05, 0) is 18.9 Å². The highest BCUT2D eigenvalue weighted by Gasteiger charge is 2.01. The monoisotopic (exact) mass is 194 g/mol. The number of rotatable bonds is 4. The molecular weight excluding hydrogens is 176 g/mol. The van der Waals surface area contributed by atoms with Crippen LogP contribution in [0.1, 0.15) is 26.3 Å². The predicted molar refractivity (Wildman–Crippen MR) is 58.1 cm³/mol. The van der Waals surface area contributed by atoms with E-state index in [0.717, 1.165) is 6.42 Å². The fourth-order valence-corrected chi connectivity index (χ4v) is 1.12. The molecular formula is C12H18O2. The minimum absolute atomic E-state index is 0. The van der Waals surface area contributed by atoms with Crippen molar-refractivity contribution in [3.63, 3.8) is 0 Å². The molecule has 0 saturated heterocycles. The van der Waals surface area contributed by atoms with Gasteiger partial charge in [-0.15, -0.1) is 0 Å². The summed E-state index contributed by atoms with van der Waals surface area (Å²) in [6.07, 6.45) is 1.23. The first-order chi connectivity index (χ1) is 6.33. The van der Waals surface area contributed by atoms with Gasteiger partial charge in [0.25, 0.3) is 0 Å². The molecule has 0 atom stereocenters. The molecule has 0 aliphatic heterocycles. The summed E-state index contributed by atoms with van der Waals surface area (Å²) in [4.78, 5) is 11.0. The van der Waals surface area contributed by atoms with E-state index in [-0.39, 0.29) is 13.4 Å². The van der Waals surface area contributed by atoms with Gasteiger partial charge in [0, 0.05) is 6.42 Å². The largest absolute Gasteiger partial charge is 0.466 e. The maximum atomic E-state index is 11.0. The van der Waals surface area contributed by atoms with Crippen molar-refractivity contribution in [2.45, 2.75) is 27.2 Å². The number of carbonyl (C=O) groups is 1. The van der Waals surface area contributed by atoms with Crippen molar-refractivity contribution in [2.75, 3.05) is 6.61 Å². The highest BCUT2D eigenvalue weighted by molar-refractivity contribution is 5.69. The number of hydrogen-bond acceptors (Lipinski definition) is 2. The Morgan fingerprint density at radius 3 is 2.50 bits per heavy atom. The Kier molecular flexibility index (Phi) is 6.46. The van der Waals surface area contributed by atoms with Crippen molar-refractivity contribution in [1.29, 1.82) is 0 Å². The Morgan fingerprint density at radius 2 is 1.93 bits per heavy atom. The zero-order valence-corrected chi connectivity index (χ0v) is 7.82. The second-order valence-corrected chi connectivity index (χ2v) is 2.79. The highest BCUT2D eigenvalue weighted by Crippen LogP contribution is 2.02. The van der Waals surface area contributed by atoms with Gasteiger partial charge in [-0.1, -0.05) is 37.8 Å². The molecule has 0 N–H and O–H groups in total. The third kappa shape index (κ3) is 4.65. The second kappa shape index (κ2) is 7.13. The van der Waals surface area contributed by atoms with Crippen LogP contribution in [-0.4, -0.2) is 12.6 Å². The minimum atomic E-state index is -0.119. The zero-order chi connectivity index (χ0) is 9.52. The van der Waals surface area contributed by atoms with Gasteiger partial charge in [0.1, 0.15) is 0 Å². The molecule has 2 heteroatoms. The summed E-state index contributed by atoms with van der Waals surface area (Å²) in [5.41, 5.74) is 1.18. The number of ether oxygens (including phenoxy) is 1. The van der Waals surface area contributed by atoms with Gasteiger partial charge in [-0.3, -0.25) is 4.79 Å². The molecule has 0 bridgehead atoms. The number of aryl methyl sites for hydroxylation is 1.